The third kappa shape index (κ3) is 2.56. The summed E-state index contributed by atoms with van der Waals surface area (Å²) in [5.74, 6) is 0.949. The predicted octanol–water partition coefficient (Wildman–Crippen LogP) is 2.31. The number of carbonyl (C=O) groups is 1. The van der Waals surface area contributed by atoms with Gasteiger partial charge < -0.3 is 14.4 Å². The van der Waals surface area contributed by atoms with Gasteiger partial charge in [-0.2, -0.15) is 0 Å². The van der Waals surface area contributed by atoms with Gasteiger partial charge in [-0.25, -0.2) is 4.39 Å². The summed E-state index contributed by atoms with van der Waals surface area (Å²) in [5.41, 5.74) is -1.78. The van der Waals surface area contributed by atoms with Gasteiger partial charge in [0.05, 0.1) is 13.1 Å². The number of halogens is 1. The average molecular weight is 311 g/mol. The van der Waals surface area contributed by atoms with E-state index in [1.807, 2.05) is 0 Å². The summed E-state index contributed by atoms with van der Waals surface area (Å²) in [4.78, 5) is 13.9. The molecular weight excluding hydrogens is 285 g/mol. The molecule has 2 aliphatic heterocycles. The minimum atomic E-state index is -1.57. The summed E-state index contributed by atoms with van der Waals surface area (Å²) in [6, 6.07) is 0. The molecule has 0 bridgehead atoms. The topological polar surface area (TPSA) is 38.8 Å². The Morgan fingerprint density at radius 1 is 1.27 bits per heavy atom. The molecule has 124 valence electrons. The molecule has 4 fully saturated rings. The minimum Gasteiger partial charge on any atom is -0.381 e. The van der Waals surface area contributed by atoms with Crippen molar-refractivity contribution in [2.45, 2.75) is 56.2 Å². The van der Waals surface area contributed by atoms with Crippen LogP contribution in [0, 0.1) is 11.8 Å². The van der Waals surface area contributed by atoms with E-state index in [2.05, 4.69) is 0 Å². The van der Waals surface area contributed by atoms with E-state index in [0.29, 0.717) is 31.8 Å². The Balaban J connectivity index is 1.25. The highest BCUT2D eigenvalue weighted by molar-refractivity contribution is 5.87. The third-order valence-corrected chi connectivity index (χ3v) is 5.99. The van der Waals surface area contributed by atoms with Crippen LogP contribution in [0.1, 0.15) is 44.9 Å². The number of nitrogens with zero attached hydrogens (tertiary/aromatic N) is 1. The normalized spacial score (nSPS) is 31.9. The van der Waals surface area contributed by atoms with Crippen molar-refractivity contribution in [3.8, 4) is 0 Å². The summed E-state index contributed by atoms with van der Waals surface area (Å²) in [7, 11) is 0. The van der Waals surface area contributed by atoms with Crippen LogP contribution in [0.4, 0.5) is 4.39 Å². The maximum absolute atomic E-state index is 14.2. The van der Waals surface area contributed by atoms with Gasteiger partial charge in [0, 0.05) is 19.8 Å². The van der Waals surface area contributed by atoms with Crippen LogP contribution in [0.15, 0.2) is 0 Å². The average Bonchev–Trinajstić information content (AvgIpc) is 3.16. The van der Waals surface area contributed by atoms with Crippen molar-refractivity contribution < 1.29 is 18.7 Å². The molecule has 1 amide bonds. The van der Waals surface area contributed by atoms with Crippen molar-refractivity contribution >= 4 is 5.91 Å². The molecule has 2 saturated carbocycles. The quantitative estimate of drug-likeness (QED) is 0.707. The lowest BCUT2D eigenvalue weighted by Crippen LogP contribution is -2.69. The number of rotatable bonds is 6. The fraction of sp³-hybridized carbons (Fsp3) is 0.941. The molecule has 22 heavy (non-hydrogen) atoms. The SMILES string of the molecule is O=C(N1CC2(C1)OCC[C@H]2CCOCC1CC1)C1(F)CCC1. The summed E-state index contributed by atoms with van der Waals surface area (Å²) >= 11 is 0. The van der Waals surface area contributed by atoms with Crippen LogP contribution in [0.2, 0.25) is 0 Å². The van der Waals surface area contributed by atoms with Crippen LogP contribution in [-0.2, 0) is 14.3 Å². The number of ether oxygens (including phenoxy) is 2. The Bertz CT molecular complexity index is 441. The maximum Gasteiger partial charge on any atom is 0.260 e. The maximum atomic E-state index is 14.2. The molecule has 4 rings (SSSR count). The van der Waals surface area contributed by atoms with Crippen LogP contribution in [0.3, 0.4) is 0 Å². The van der Waals surface area contributed by atoms with E-state index in [-0.39, 0.29) is 11.5 Å². The monoisotopic (exact) mass is 311 g/mol. The Morgan fingerprint density at radius 2 is 2.05 bits per heavy atom. The van der Waals surface area contributed by atoms with Gasteiger partial charge in [-0.3, -0.25) is 4.79 Å². The first-order chi connectivity index (χ1) is 10.6. The van der Waals surface area contributed by atoms with Crippen molar-refractivity contribution in [2.24, 2.45) is 11.8 Å². The molecule has 2 saturated heterocycles. The molecule has 0 aromatic carbocycles. The fourth-order valence-electron chi connectivity index (χ4n) is 4.03. The van der Waals surface area contributed by atoms with Crippen LogP contribution >= 0.6 is 0 Å². The van der Waals surface area contributed by atoms with Crippen LogP contribution in [-0.4, -0.2) is 55.0 Å². The Morgan fingerprint density at radius 3 is 2.68 bits per heavy atom. The van der Waals surface area contributed by atoms with Crippen molar-refractivity contribution in [1.29, 1.82) is 0 Å². The lowest BCUT2D eigenvalue weighted by Gasteiger charge is -2.52. The highest BCUT2D eigenvalue weighted by Crippen LogP contribution is 2.45. The van der Waals surface area contributed by atoms with Gasteiger partial charge in [-0.1, -0.05) is 0 Å². The van der Waals surface area contributed by atoms with Gasteiger partial charge in [0.1, 0.15) is 5.60 Å². The molecular formula is C17H26FNO3. The predicted molar refractivity (Wildman–Crippen MR) is 79.2 cm³/mol. The summed E-state index contributed by atoms with van der Waals surface area (Å²) in [6.07, 6.45) is 6.30. The van der Waals surface area contributed by atoms with Crippen LogP contribution in [0.25, 0.3) is 0 Å². The lowest BCUT2D eigenvalue weighted by molar-refractivity contribution is -0.181. The number of carbonyl (C=O) groups excluding carboxylic acids is 1. The van der Waals surface area contributed by atoms with E-state index in [9.17, 15) is 9.18 Å². The van der Waals surface area contributed by atoms with E-state index >= 15 is 0 Å². The Hall–Kier alpha value is -0.680. The van der Waals surface area contributed by atoms with E-state index in [1.165, 1.54) is 12.8 Å². The molecule has 0 N–H and O–H groups in total. The van der Waals surface area contributed by atoms with Crippen LogP contribution in [0.5, 0.6) is 0 Å². The van der Waals surface area contributed by atoms with Gasteiger partial charge in [-0.15, -0.1) is 0 Å². The molecule has 0 aromatic heterocycles. The van der Waals surface area contributed by atoms with E-state index in [4.69, 9.17) is 9.47 Å². The number of amides is 1. The second-order valence-electron chi connectivity index (χ2n) is 7.69. The fourth-order valence-corrected chi connectivity index (χ4v) is 4.03. The number of hydrogen-bond acceptors (Lipinski definition) is 3. The van der Waals surface area contributed by atoms with Gasteiger partial charge in [0.15, 0.2) is 5.67 Å². The molecule has 1 atom stereocenters. The highest BCUT2D eigenvalue weighted by atomic mass is 19.1. The van der Waals surface area contributed by atoms with Gasteiger partial charge in [0.2, 0.25) is 0 Å². The first kappa shape index (κ1) is 14.9. The summed E-state index contributed by atoms with van der Waals surface area (Å²) in [6.45, 7) is 3.59. The van der Waals surface area contributed by atoms with Gasteiger partial charge in [0.25, 0.3) is 5.91 Å². The standard InChI is InChI=1S/C17H26FNO3/c18-16(6-1-7-16)15(20)19-11-17(12-19)14(5-9-22-17)4-8-21-10-13-2-3-13/h13-14H,1-12H2/t14-/m1/s1. The summed E-state index contributed by atoms with van der Waals surface area (Å²) in [5, 5.41) is 0. The van der Waals surface area contributed by atoms with Gasteiger partial charge >= 0.3 is 0 Å². The van der Waals surface area contributed by atoms with E-state index in [0.717, 1.165) is 45.0 Å². The molecule has 2 aliphatic carbocycles. The summed E-state index contributed by atoms with van der Waals surface area (Å²) < 4.78 is 25.9. The third-order valence-electron chi connectivity index (χ3n) is 5.99. The molecule has 0 aromatic rings. The van der Waals surface area contributed by atoms with Crippen molar-refractivity contribution in [3.63, 3.8) is 0 Å². The molecule has 1 spiro atoms. The second-order valence-corrected chi connectivity index (χ2v) is 7.69. The van der Waals surface area contributed by atoms with Crippen molar-refractivity contribution in [2.75, 3.05) is 32.9 Å². The van der Waals surface area contributed by atoms with Crippen LogP contribution < -0.4 is 0 Å². The van der Waals surface area contributed by atoms with Gasteiger partial charge in [-0.05, 0) is 56.8 Å². The largest absolute Gasteiger partial charge is 0.381 e. The first-order valence-electron chi connectivity index (χ1n) is 8.81. The molecule has 0 radical (unpaired) electrons. The zero-order valence-electron chi connectivity index (χ0n) is 13.2. The molecule has 0 unspecified atom stereocenters. The Labute approximate surface area is 131 Å². The van der Waals surface area contributed by atoms with Crippen molar-refractivity contribution in [1.82, 2.24) is 4.90 Å². The second kappa shape index (κ2) is 5.45. The van der Waals surface area contributed by atoms with Crippen molar-refractivity contribution in [3.05, 3.63) is 0 Å². The number of likely N-dealkylation sites (tertiary alicyclic amines) is 1. The number of hydrogen-bond donors (Lipinski definition) is 0. The molecule has 4 nitrogen and oxygen atoms in total. The number of alkyl halides is 1. The lowest BCUT2D eigenvalue weighted by atomic mass is 9.75. The molecule has 4 aliphatic rings. The zero-order valence-corrected chi connectivity index (χ0v) is 13.2. The molecule has 2 heterocycles. The smallest absolute Gasteiger partial charge is 0.260 e. The van der Waals surface area contributed by atoms with E-state index in [1.54, 1.807) is 4.90 Å². The zero-order chi connectivity index (χ0) is 15.2. The van der Waals surface area contributed by atoms with E-state index < -0.39 is 5.67 Å². The highest BCUT2D eigenvalue weighted by Gasteiger charge is 2.58. The Kier molecular flexibility index (Phi) is 3.68. The molecule has 5 heteroatoms. The minimum absolute atomic E-state index is 0.210. The first-order valence-corrected chi connectivity index (χ1v) is 8.81.